The molecule has 0 radical (unpaired) electrons. The number of carbonyl (C=O) groups excluding carboxylic acids is 4. The van der Waals surface area contributed by atoms with Crippen LogP contribution in [0.2, 0.25) is 0 Å². The van der Waals surface area contributed by atoms with Crippen LogP contribution < -0.4 is 0 Å². The smallest absolute Gasteiger partial charge is 0.462 e. The molecule has 85 heavy (non-hydrogen) atoms. The number of hydrogen-bond acceptors (Lipinski definition) is 15. The van der Waals surface area contributed by atoms with Gasteiger partial charge in [-0.3, -0.25) is 37.3 Å². The molecule has 0 spiro atoms. The van der Waals surface area contributed by atoms with E-state index in [4.69, 9.17) is 37.0 Å². The maximum absolute atomic E-state index is 13.0. The van der Waals surface area contributed by atoms with Gasteiger partial charge in [0.15, 0.2) is 12.2 Å². The van der Waals surface area contributed by atoms with Crippen LogP contribution in [0.15, 0.2) is 0 Å². The van der Waals surface area contributed by atoms with Gasteiger partial charge in [0.2, 0.25) is 0 Å². The number of rotatable bonds is 67. The Balaban J connectivity index is 5.22. The summed E-state index contributed by atoms with van der Waals surface area (Å²) in [5, 5.41) is 10.5. The second-order valence-corrected chi connectivity index (χ2v) is 26.8. The summed E-state index contributed by atoms with van der Waals surface area (Å²) in [5.74, 6) is -2.13. The van der Waals surface area contributed by atoms with Crippen LogP contribution in [0.3, 0.4) is 0 Å². The van der Waals surface area contributed by atoms with Gasteiger partial charge in [-0.25, -0.2) is 9.13 Å². The van der Waals surface area contributed by atoms with Crippen molar-refractivity contribution in [3.8, 4) is 0 Å². The summed E-state index contributed by atoms with van der Waals surface area (Å²) < 4.78 is 68.0. The van der Waals surface area contributed by atoms with Gasteiger partial charge in [0, 0.05) is 25.7 Å². The standard InChI is InChI=1S/C66H128O17P2/c1-5-9-13-17-21-25-28-30-32-34-37-41-45-49-53-66(71)83-62(57-77-64(69)51-47-43-39-36-33-31-29-26-22-18-14-10-6-2)59-81-85(74,75)79-55-60(67)54-78-84(72,73)80-58-61(56-76-63(68)50-46-42-38-24-20-16-12-8-4)82-65(70)52-48-44-40-35-27-23-19-15-11-7-3/h60-62,67H,5-59H2,1-4H3,(H,72,73)(H,74,75)/t60-,61+,62+/m0/s1. The van der Waals surface area contributed by atoms with Crippen molar-refractivity contribution in [2.75, 3.05) is 39.6 Å². The van der Waals surface area contributed by atoms with E-state index in [9.17, 15) is 43.2 Å². The fourth-order valence-electron chi connectivity index (χ4n) is 9.99. The highest BCUT2D eigenvalue weighted by Gasteiger charge is 2.30. The Morgan fingerprint density at radius 2 is 0.471 bits per heavy atom. The van der Waals surface area contributed by atoms with E-state index in [1.807, 2.05) is 0 Å². The predicted octanol–water partition coefficient (Wildman–Crippen LogP) is 18.7. The van der Waals surface area contributed by atoms with Crippen LogP contribution in [-0.4, -0.2) is 96.7 Å². The highest BCUT2D eigenvalue weighted by Crippen LogP contribution is 2.45. The van der Waals surface area contributed by atoms with Gasteiger partial charge in [0.25, 0.3) is 0 Å². The van der Waals surface area contributed by atoms with E-state index in [2.05, 4.69) is 27.7 Å². The molecular weight excluding hydrogens is 1130 g/mol. The van der Waals surface area contributed by atoms with Crippen LogP contribution in [0.1, 0.15) is 342 Å². The Morgan fingerprint density at radius 1 is 0.282 bits per heavy atom. The van der Waals surface area contributed by atoms with Crippen LogP contribution in [0.25, 0.3) is 0 Å². The van der Waals surface area contributed by atoms with Crippen molar-refractivity contribution >= 4 is 39.5 Å². The molecule has 0 saturated carbocycles. The zero-order valence-corrected chi connectivity index (χ0v) is 56.4. The second-order valence-electron chi connectivity index (χ2n) is 23.9. The number of aliphatic hydroxyl groups is 1. The first-order valence-electron chi connectivity index (χ1n) is 34.8. The van der Waals surface area contributed by atoms with Crippen molar-refractivity contribution in [1.29, 1.82) is 0 Å². The molecule has 0 fully saturated rings. The molecular formula is C66H128O17P2. The zero-order chi connectivity index (χ0) is 62.6. The highest BCUT2D eigenvalue weighted by atomic mass is 31.2. The summed E-state index contributed by atoms with van der Waals surface area (Å²) in [6, 6.07) is 0. The van der Waals surface area contributed by atoms with Crippen LogP contribution >= 0.6 is 15.6 Å². The van der Waals surface area contributed by atoms with Gasteiger partial charge in [0.1, 0.15) is 19.3 Å². The van der Waals surface area contributed by atoms with Crippen molar-refractivity contribution in [2.24, 2.45) is 0 Å². The van der Waals surface area contributed by atoms with Gasteiger partial charge in [-0.05, 0) is 25.7 Å². The predicted molar refractivity (Wildman–Crippen MR) is 340 cm³/mol. The van der Waals surface area contributed by atoms with Crippen molar-refractivity contribution in [3.05, 3.63) is 0 Å². The molecule has 5 atom stereocenters. The highest BCUT2D eigenvalue weighted by molar-refractivity contribution is 7.47. The molecule has 0 aromatic heterocycles. The van der Waals surface area contributed by atoms with E-state index in [1.165, 1.54) is 167 Å². The number of hydrogen-bond donors (Lipinski definition) is 3. The van der Waals surface area contributed by atoms with Crippen molar-refractivity contribution in [1.82, 2.24) is 0 Å². The monoisotopic (exact) mass is 1250 g/mol. The summed E-state index contributed by atoms with van der Waals surface area (Å²) in [7, 11) is -9.88. The zero-order valence-electron chi connectivity index (χ0n) is 54.6. The number of carbonyl (C=O) groups is 4. The normalized spacial score (nSPS) is 14.1. The Labute approximate surface area is 517 Å². The van der Waals surface area contributed by atoms with E-state index in [0.29, 0.717) is 25.7 Å². The minimum atomic E-state index is -4.94. The lowest BCUT2D eigenvalue weighted by Gasteiger charge is -2.21. The second kappa shape index (κ2) is 60.9. The molecule has 0 saturated heterocycles. The molecule has 0 aliphatic heterocycles. The van der Waals surface area contributed by atoms with Crippen molar-refractivity contribution in [2.45, 2.75) is 361 Å². The Morgan fingerprint density at radius 3 is 0.694 bits per heavy atom. The van der Waals surface area contributed by atoms with Gasteiger partial charge >= 0.3 is 39.5 Å². The summed E-state index contributed by atoms with van der Waals surface area (Å²) in [6.07, 6.45) is 47.1. The van der Waals surface area contributed by atoms with Gasteiger partial charge in [-0.2, -0.15) is 0 Å². The van der Waals surface area contributed by atoms with E-state index < -0.39 is 97.5 Å². The molecule has 17 nitrogen and oxygen atoms in total. The third kappa shape index (κ3) is 60.7. The largest absolute Gasteiger partial charge is 0.472 e. The van der Waals surface area contributed by atoms with Gasteiger partial charge in [-0.15, -0.1) is 0 Å². The molecule has 0 aliphatic carbocycles. The molecule has 0 rings (SSSR count). The number of phosphoric ester groups is 2. The number of ether oxygens (including phenoxy) is 4. The third-order valence-electron chi connectivity index (χ3n) is 15.4. The fraction of sp³-hybridized carbons (Fsp3) is 0.939. The summed E-state index contributed by atoms with van der Waals surface area (Å²) >= 11 is 0. The minimum absolute atomic E-state index is 0.107. The third-order valence-corrected chi connectivity index (χ3v) is 17.3. The Kier molecular flexibility index (Phi) is 59.6. The molecule has 19 heteroatoms. The van der Waals surface area contributed by atoms with Gasteiger partial charge in [0.05, 0.1) is 26.4 Å². The first kappa shape index (κ1) is 83.1. The maximum Gasteiger partial charge on any atom is 0.472 e. The molecule has 2 unspecified atom stereocenters. The van der Waals surface area contributed by atoms with Gasteiger partial charge in [-0.1, -0.05) is 291 Å². The fourth-order valence-corrected chi connectivity index (χ4v) is 11.6. The van der Waals surface area contributed by atoms with Crippen molar-refractivity contribution < 1.29 is 80.2 Å². The lowest BCUT2D eigenvalue weighted by atomic mass is 10.0. The Hall–Kier alpha value is -1.94. The number of esters is 4. The van der Waals surface area contributed by atoms with E-state index in [-0.39, 0.29) is 25.7 Å². The molecule has 0 heterocycles. The lowest BCUT2D eigenvalue weighted by Crippen LogP contribution is -2.30. The van der Waals surface area contributed by atoms with E-state index in [1.54, 1.807) is 0 Å². The van der Waals surface area contributed by atoms with E-state index in [0.717, 1.165) is 96.3 Å². The molecule has 0 aliphatic rings. The van der Waals surface area contributed by atoms with Crippen molar-refractivity contribution in [3.63, 3.8) is 0 Å². The topological polar surface area (TPSA) is 237 Å². The molecule has 0 amide bonds. The molecule has 504 valence electrons. The SMILES string of the molecule is CCCCCCCCCCCCCCCCC(=O)O[C@H](COC(=O)CCCCCCCCCCCCCCC)COP(=O)(O)OC[C@@H](O)COP(=O)(O)OC[C@@H](COC(=O)CCCCCCCCCC)OC(=O)CCCCCCCCCCCC. The van der Waals surface area contributed by atoms with Gasteiger partial charge < -0.3 is 33.8 Å². The molecule has 0 aromatic carbocycles. The van der Waals surface area contributed by atoms with E-state index >= 15 is 0 Å². The maximum atomic E-state index is 13.0. The lowest BCUT2D eigenvalue weighted by molar-refractivity contribution is -0.161. The summed E-state index contributed by atoms with van der Waals surface area (Å²) in [4.78, 5) is 72.2. The van der Waals surface area contributed by atoms with Crippen LogP contribution in [0.4, 0.5) is 0 Å². The van der Waals surface area contributed by atoms with Crippen LogP contribution in [0, 0.1) is 0 Å². The molecule has 0 aromatic rings. The summed E-state index contributed by atoms with van der Waals surface area (Å²) in [5.41, 5.74) is 0. The number of unbranched alkanes of at least 4 members (excludes halogenated alkanes) is 41. The quantitative estimate of drug-likeness (QED) is 0.0222. The van der Waals surface area contributed by atoms with Crippen LogP contribution in [0.5, 0.6) is 0 Å². The average molecular weight is 1260 g/mol. The average Bonchev–Trinajstić information content (AvgIpc) is 3.49. The Bertz CT molecular complexity index is 1640. The number of phosphoric acid groups is 2. The van der Waals surface area contributed by atoms with Crippen LogP contribution in [-0.2, 0) is 65.4 Å². The first-order valence-corrected chi connectivity index (χ1v) is 37.8. The summed E-state index contributed by atoms with van der Waals surface area (Å²) in [6.45, 7) is 4.89. The minimum Gasteiger partial charge on any atom is -0.462 e. The molecule has 3 N–H and O–H groups in total. The molecule has 0 bridgehead atoms. The first-order chi connectivity index (χ1) is 41.2. The number of aliphatic hydroxyl groups excluding tert-OH is 1.